The Bertz CT molecular complexity index is 182. The maximum absolute atomic E-state index is 12.8. The SMILES string of the molecule is O=C(CO)[C@](O)(F)[C@H](O)[C@H](O)CO. The lowest BCUT2D eigenvalue weighted by Gasteiger charge is -2.25. The topological polar surface area (TPSA) is 118 Å². The van der Waals surface area contributed by atoms with Crippen LogP contribution < -0.4 is 0 Å². The van der Waals surface area contributed by atoms with Crippen LogP contribution in [0.15, 0.2) is 0 Å². The van der Waals surface area contributed by atoms with E-state index in [1.54, 1.807) is 0 Å². The van der Waals surface area contributed by atoms with Crippen LogP contribution in [0.5, 0.6) is 0 Å². The van der Waals surface area contributed by atoms with Crippen LogP contribution in [-0.4, -0.2) is 62.6 Å². The number of alkyl halides is 1. The standard InChI is InChI=1S/C6H11FO6/c7-6(13,4(11)2-9)5(12)3(10)1-8/h3,5,8-10,12-13H,1-2H2/t3-,5-,6-/m1/s1. The normalized spacial score (nSPS) is 20.5. The molecular weight excluding hydrogens is 187 g/mol. The van der Waals surface area contributed by atoms with Crippen LogP contribution in [0.1, 0.15) is 0 Å². The molecule has 0 heterocycles. The van der Waals surface area contributed by atoms with Crippen LogP contribution in [0, 0.1) is 0 Å². The number of Topliss-reactive ketones (excluding diaryl/α,β-unsaturated/α-hetero) is 1. The summed E-state index contributed by atoms with van der Waals surface area (Å²) in [6.45, 7) is -2.34. The fraction of sp³-hybridized carbons (Fsp3) is 0.833. The molecule has 0 radical (unpaired) electrons. The van der Waals surface area contributed by atoms with Crippen LogP contribution >= 0.6 is 0 Å². The van der Waals surface area contributed by atoms with Gasteiger partial charge in [-0.2, -0.15) is 0 Å². The summed E-state index contributed by atoms with van der Waals surface area (Å²) >= 11 is 0. The molecule has 78 valence electrons. The van der Waals surface area contributed by atoms with E-state index in [1.165, 1.54) is 0 Å². The van der Waals surface area contributed by atoms with Crippen molar-refractivity contribution in [3.63, 3.8) is 0 Å². The minimum Gasteiger partial charge on any atom is -0.394 e. The molecule has 0 rings (SSSR count). The molecule has 5 N–H and O–H groups in total. The zero-order valence-electron chi connectivity index (χ0n) is 6.59. The van der Waals surface area contributed by atoms with E-state index < -0.39 is 37.1 Å². The van der Waals surface area contributed by atoms with Gasteiger partial charge in [-0.1, -0.05) is 0 Å². The second-order valence-electron chi connectivity index (χ2n) is 2.45. The van der Waals surface area contributed by atoms with Gasteiger partial charge in [0.1, 0.15) is 18.8 Å². The second-order valence-corrected chi connectivity index (χ2v) is 2.45. The smallest absolute Gasteiger partial charge is 0.297 e. The molecule has 0 saturated carbocycles. The third-order valence-corrected chi connectivity index (χ3v) is 1.48. The van der Waals surface area contributed by atoms with Gasteiger partial charge in [0.15, 0.2) is 0 Å². The quantitative estimate of drug-likeness (QED) is 0.319. The van der Waals surface area contributed by atoms with Gasteiger partial charge in [0.25, 0.3) is 5.85 Å². The van der Waals surface area contributed by atoms with Gasteiger partial charge in [-0.3, -0.25) is 4.79 Å². The molecule has 0 bridgehead atoms. The Morgan fingerprint density at radius 3 is 2.15 bits per heavy atom. The van der Waals surface area contributed by atoms with E-state index in [9.17, 15) is 9.18 Å². The highest BCUT2D eigenvalue weighted by Gasteiger charge is 2.46. The van der Waals surface area contributed by atoms with Crippen molar-refractivity contribution in [2.75, 3.05) is 13.2 Å². The van der Waals surface area contributed by atoms with E-state index in [0.717, 1.165) is 0 Å². The highest BCUT2D eigenvalue weighted by molar-refractivity contribution is 5.87. The molecule has 3 atom stereocenters. The van der Waals surface area contributed by atoms with Crippen molar-refractivity contribution in [3.05, 3.63) is 0 Å². The number of hydrogen-bond donors (Lipinski definition) is 5. The number of hydrogen-bond acceptors (Lipinski definition) is 6. The van der Waals surface area contributed by atoms with E-state index in [0.29, 0.717) is 0 Å². The summed E-state index contributed by atoms with van der Waals surface area (Å²) in [5.41, 5.74) is 0. The minimum atomic E-state index is -3.75. The summed E-state index contributed by atoms with van der Waals surface area (Å²) in [5, 5.41) is 42.5. The zero-order chi connectivity index (χ0) is 10.6. The van der Waals surface area contributed by atoms with Gasteiger partial charge in [-0.15, -0.1) is 0 Å². The maximum atomic E-state index is 12.8. The Hall–Kier alpha value is -0.600. The van der Waals surface area contributed by atoms with Gasteiger partial charge in [0, 0.05) is 0 Å². The molecule has 0 aromatic carbocycles. The van der Waals surface area contributed by atoms with E-state index in [4.69, 9.17) is 25.5 Å². The first-order valence-electron chi connectivity index (χ1n) is 3.40. The molecular formula is C6H11FO6. The number of ketones is 1. The number of carbonyl (C=O) groups is 1. The molecule has 0 spiro atoms. The van der Waals surface area contributed by atoms with Crippen molar-refractivity contribution in [1.82, 2.24) is 0 Å². The van der Waals surface area contributed by atoms with Gasteiger partial charge in [-0.25, -0.2) is 4.39 Å². The number of aliphatic hydroxyl groups is 5. The van der Waals surface area contributed by atoms with E-state index >= 15 is 0 Å². The molecule has 0 amide bonds. The summed E-state index contributed by atoms with van der Waals surface area (Å²) in [5.74, 6) is -5.44. The first-order chi connectivity index (χ1) is 5.87. The molecule has 0 aromatic rings. The first-order valence-corrected chi connectivity index (χ1v) is 3.40. The van der Waals surface area contributed by atoms with E-state index in [2.05, 4.69) is 0 Å². The zero-order valence-corrected chi connectivity index (χ0v) is 6.59. The van der Waals surface area contributed by atoms with Crippen LogP contribution in [0.3, 0.4) is 0 Å². The molecule has 7 heteroatoms. The highest BCUT2D eigenvalue weighted by atomic mass is 19.2. The van der Waals surface area contributed by atoms with Crippen molar-refractivity contribution >= 4 is 5.78 Å². The fourth-order valence-corrected chi connectivity index (χ4v) is 0.631. The Morgan fingerprint density at radius 1 is 1.38 bits per heavy atom. The Kier molecular flexibility index (Phi) is 4.37. The monoisotopic (exact) mass is 198 g/mol. The van der Waals surface area contributed by atoms with Gasteiger partial charge in [0.05, 0.1) is 6.61 Å². The summed E-state index contributed by atoms with van der Waals surface area (Å²) in [7, 11) is 0. The number of carbonyl (C=O) groups excluding carboxylic acids is 1. The molecule has 13 heavy (non-hydrogen) atoms. The van der Waals surface area contributed by atoms with Crippen LogP contribution in [0.2, 0.25) is 0 Å². The molecule has 0 aliphatic rings. The first kappa shape index (κ1) is 12.4. The maximum Gasteiger partial charge on any atom is 0.297 e. The van der Waals surface area contributed by atoms with Crippen molar-refractivity contribution in [3.8, 4) is 0 Å². The average Bonchev–Trinajstić information content (AvgIpc) is 2.13. The predicted octanol–water partition coefficient (Wildman–Crippen LogP) is -3.08. The molecule has 0 aromatic heterocycles. The number of aliphatic hydroxyl groups excluding tert-OH is 4. The van der Waals surface area contributed by atoms with Gasteiger partial charge >= 0.3 is 0 Å². The Balaban J connectivity index is 4.52. The van der Waals surface area contributed by atoms with Gasteiger partial charge in [0.2, 0.25) is 5.78 Å². The van der Waals surface area contributed by atoms with Crippen molar-refractivity contribution < 1.29 is 34.7 Å². The lowest BCUT2D eigenvalue weighted by atomic mass is 10.0. The van der Waals surface area contributed by atoms with Crippen molar-refractivity contribution in [2.24, 2.45) is 0 Å². The lowest BCUT2D eigenvalue weighted by Crippen LogP contribution is -2.53. The van der Waals surface area contributed by atoms with Crippen LogP contribution in [-0.2, 0) is 4.79 Å². The van der Waals surface area contributed by atoms with E-state index in [1.807, 2.05) is 0 Å². The van der Waals surface area contributed by atoms with Gasteiger partial charge < -0.3 is 25.5 Å². The lowest BCUT2D eigenvalue weighted by molar-refractivity contribution is -0.207. The Labute approximate surface area is 72.9 Å². The second kappa shape index (κ2) is 4.58. The third-order valence-electron chi connectivity index (χ3n) is 1.48. The largest absolute Gasteiger partial charge is 0.394 e. The molecule has 0 unspecified atom stereocenters. The molecule has 0 fully saturated rings. The van der Waals surface area contributed by atoms with E-state index in [-0.39, 0.29) is 0 Å². The summed E-state index contributed by atoms with van der Waals surface area (Å²) in [6.07, 6.45) is -4.48. The Morgan fingerprint density at radius 2 is 1.85 bits per heavy atom. The fourth-order valence-electron chi connectivity index (χ4n) is 0.631. The molecule has 0 saturated heterocycles. The molecule has 0 aliphatic heterocycles. The molecule has 6 nitrogen and oxygen atoms in total. The van der Waals surface area contributed by atoms with Crippen molar-refractivity contribution in [2.45, 2.75) is 18.1 Å². The summed E-state index contributed by atoms with van der Waals surface area (Å²) in [4.78, 5) is 10.5. The van der Waals surface area contributed by atoms with Crippen LogP contribution in [0.4, 0.5) is 4.39 Å². The molecule has 0 aliphatic carbocycles. The van der Waals surface area contributed by atoms with Crippen molar-refractivity contribution in [1.29, 1.82) is 0 Å². The summed E-state index contributed by atoms with van der Waals surface area (Å²) < 4.78 is 12.8. The number of rotatable bonds is 5. The van der Waals surface area contributed by atoms with Crippen LogP contribution in [0.25, 0.3) is 0 Å². The number of halogens is 1. The average molecular weight is 198 g/mol. The third kappa shape index (κ3) is 2.68. The summed E-state index contributed by atoms with van der Waals surface area (Å²) in [6, 6.07) is 0. The predicted molar refractivity (Wildman–Crippen MR) is 37.3 cm³/mol. The minimum absolute atomic E-state index is 1.02. The highest BCUT2D eigenvalue weighted by Crippen LogP contribution is 2.16. The van der Waals surface area contributed by atoms with Gasteiger partial charge in [-0.05, 0) is 0 Å².